The first-order valence-corrected chi connectivity index (χ1v) is 9.11. The Morgan fingerprint density at radius 2 is 1.57 bits per heavy atom. The van der Waals surface area contributed by atoms with E-state index in [9.17, 15) is 4.79 Å². The molecule has 1 saturated heterocycles. The number of carbonyl (C=O) groups excluding carboxylic acids is 1. The summed E-state index contributed by atoms with van der Waals surface area (Å²) in [4.78, 5) is 15.3. The summed E-state index contributed by atoms with van der Waals surface area (Å²) in [5.74, 6) is 3.82. The van der Waals surface area contributed by atoms with Gasteiger partial charge in [-0.15, -0.1) is 0 Å². The highest BCUT2D eigenvalue weighted by atomic mass is 16.2. The first-order chi connectivity index (χ1) is 10.1. The number of hydrogen-bond acceptors (Lipinski definition) is 2. The lowest BCUT2D eigenvalue weighted by Gasteiger charge is -2.56. The second kappa shape index (κ2) is 5.26. The summed E-state index contributed by atoms with van der Waals surface area (Å²) in [7, 11) is 2.07. The molecule has 0 aromatic heterocycles. The molecule has 5 fully saturated rings. The molecule has 118 valence electrons. The predicted octanol–water partition coefficient (Wildman–Crippen LogP) is 2.66. The number of piperidine rings is 1. The monoisotopic (exact) mass is 290 g/mol. The molecule has 0 atom stereocenters. The van der Waals surface area contributed by atoms with E-state index in [2.05, 4.69) is 17.3 Å². The third kappa shape index (κ3) is 2.52. The highest BCUT2D eigenvalue weighted by Crippen LogP contribution is 2.60. The summed E-state index contributed by atoms with van der Waals surface area (Å²) >= 11 is 0. The van der Waals surface area contributed by atoms with Gasteiger partial charge in [0.25, 0.3) is 0 Å². The summed E-state index contributed by atoms with van der Waals surface area (Å²) in [6.07, 6.45) is 10.3. The van der Waals surface area contributed by atoms with Crippen molar-refractivity contribution in [1.29, 1.82) is 0 Å². The Kier molecular flexibility index (Phi) is 3.52. The van der Waals surface area contributed by atoms with E-state index in [0.717, 1.165) is 37.4 Å². The minimum atomic E-state index is 0.0520. The van der Waals surface area contributed by atoms with Gasteiger partial charge in [-0.3, -0.25) is 4.79 Å². The Labute approximate surface area is 128 Å². The van der Waals surface area contributed by atoms with Gasteiger partial charge in [0.2, 0.25) is 5.91 Å². The predicted molar refractivity (Wildman–Crippen MR) is 83.8 cm³/mol. The normalized spacial score (nSPS) is 42.2. The van der Waals surface area contributed by atoms with E-state index in [1.807, 2.05) is 0 Å². The van der Waals surface area contributed by atoms with Crippen LogP contribution in [0.3, 0.4) is 0 Å². The zero-order valence-corrected chi connectivity index (χ0v) is 13.4. The van der Waals surface area contributed by atoms with Gasteiger partial charge in [0.1, 0.15) is 0 Å². The molecule has 5 aliphatic rings. The van der Waals surface area contributed by atoms with Crippen molar-refractivity contribution in [2.24, 2.45) is 29.1 Å². The van der Waals surface area contributed by atoms with Crippen LogP contribution >= 0.6 is 0 Å². The first-order valence-electron chi connectivity index (χ1n) is 9.11. The molecule has 1 N–H and O–H groups in total. The first kappa shape index (κ1) is 14.0. The van der Waals surface area contributed by atoms with Crippen LogP contribution in [0, 0.1) is 29.1 Å². The van der Waals surface area contributed by atoms with Gasteiger partial charge in [-0.1, -0.05) is 0 Å². The van der Waals surface area contributed by atoms with Crippen LogP contribution in [-0.4, -0.2) is 37.5 Å². The molecule has 0 aromatic carbocycles. The van der Waals surface area contributed by atoms with E-state index in [-0.39, 0.29) is 5.41 Å². The quantitative estimate of drug-likeness (QED) is 0.866. The van der Waals surface area contributed by atoms with Crippen molar-refractivity contribution in [3.63, 3.8) is 0 Å². The van der Waals surface area contributed by atoms with E-state index in [1.165, 1.54) is 51.4 Å². The van der Waals surface area contributed by atoms with Gasteiger partial charge >= 0.3 is 0 Å². The molecule has 4 bridgehead atoms. The van der Waals surface area contributed by atoms with Gasteiger partial charge in [-0.25, -0.2) is 0 Å². The molecule has 3 nitrogen and oxygen atoms in total. The van der Waals surface area contributed by atoms with Gasteiger partial charge in [0, 0.05) is 13.6 Å². The molecule has 0 radical (unpaired) electrons. The molecule has 4 aliphatic carbocycles. The summed E-state index contributed by atoms with van der Waals surface area (Å²) in [5, 5.41) is 3.42. The number of nitrogens with zero attached hydrogens (tertiary/aromatic N) is 1. The SMILES string of the molecule is CN(CC1CCNCC1)C(=O)C12CC3CC(CC(C3)C1)C2. The van der Waals surface area contributed by atoms with Crippen LogP contribution in [0.2, 0.25) is 0 Å². The van der Waals surface area contributed by atoms with Crippen molar-refractivity contribution in [2.45, 2.75) is 51.4 Å². The van der Waals surface area contributed by atoms with Gasteiger partial charge in [-0.05, 0) is 88.1 Å². The third-order valence-electron chi connectivity index (χ3n) is 6.83. The van der Waals surface area contributed by atoms with Crippen LogP contribution in [0.15, 0.2) is 0 Å². The zero-order valence-electron chi connectivity index (χ0n) is 13.4. The van der Waals surface area contributed by atoms with Gasteiger partial charge in [-0.2, -0.15) is 0 Å². The van der Waals surface area contributed by atoms with Crippen LogP contribution in [0.1, 0.15) is 51.4 Å². The Balaban J connectivity index is 1.44. The Morgan fingerprint density at radius 1 is 1.05 bits per heavy atom. The maximum absolute atomic E-state index is 13.2. The molecule has 21 heavy (non-hydrogen) atoms. The van der Waals surface area contributed by atoms with Crippen LogP contribution in [0.25, 0.3) is 0 Å². The Morgan fingerprint density at radius 3 is 2.10 bits per heavy atom. The van der Waals surface area contributed by atoms with Crippen LogP contribution in [0.4, 0.5) is 0 Å². The number of carbonyl (C=O) groups is 1. The minimum Gasteiger partial charge on any atom is -0.345 e. The summed E-state index contributed by atoms with van der Waals surface area (Å²) in [6.45, 7) is 3.25. The average Bonchev–Trinajstić information content (AvgIpc) is 2.46. The molecular formula is C18H30N2O. The fourth-order valence-corrected chi connectivity index (χ4v) is 6.31. The molecule has 1 heterocycles. The highest BCUT2D eigenvalue weighted by Gasteiger charge is 2.55. The molecule has 0 spiro atoms. The molecule has 1 amide bonds. The van der Waals surface area contributed by atoms with Gasteiger partial charge < -0.3 is 10.2 Å². The molecular weight excluding hydrogens is 260 g/mol. The third-order valence-corrected chi connectivity index (χ3v) is 6.83. The number of rotatable bonds is 3. The molecule has 3 heteroatoms. The van der Waals surface area contributed by atoms with Crippen molar-refractivity contribution >= 4 is 5.91 Å². The van der Waals surface area contributed by atoms with E-state index in [4.69, 9.17) is 0 Å². The molecule has 0 unspecified atom stereocenters. The maximum atomic E-state index is 13.2. The van der Waals surface area contributed by atoms with Gasteiger partial charge in [0.15, 0.2) is 0 Å². The topological polar surface area (TPSA) is 32.3 Å². The summed E-state index contributed by atoms with van der Waals surface area (Å²) in [5.41, 5.74) is 0.0520. The number of nitrogens with one attached hydrogen (secondary N) is 1. The lowest BCUT2D eigenvalue weighted by atomic mass is 9.49. The molecule has 5 rings (SSSR count). The molecule has 1 aliphatic heterocycles. The fourth-order valence-electron chi connectivity index (χ4n) is 6.31. The van der Waals surface area contributed by atoms with Crippen molar-refractivity contribution in [3.8, 4) is 0 Å². The highest BCUT2D eigenvalue weighted by molar-refractivity contribution is 5.83. The van der Waals surface area contributed by atoms with Crippen LogP contribution in [-0.2, 0) is 4.79 Å². The van der Waals surface area contributed by atoms with E-state index < -0.39 is 0 Å². The fraction of sp³-hybridized carbons (Fsp3) is 0.944. The molecule has 0 aromatic rings. The van der Waals surface area contributed by atoms with Crippen molar-refractivity contribution in [1.82, 2.24) is 10.2 Å². The van der Waals surface area contributed by atoms with E-state index in [0.29, 0.717) is 11.8 Å². The van der Waals surface area contributed by atoms with E-state index in [1.54, 1.807) is 0 Å². The number of amides is 1. The second-order valence-corrected chi connectivity index (χ2v) is 8.58. The summed E-state index contributed by atoms with van der Waals surface area (Å²) in [6, 6.07) is 0. The van der Waals surface area contributed by atoms with Crippen molar-refractivity contribution < 1.29 is 4.79 Å². The minimum absolute atomic E-state index is 0.0520. The van der Waals surface area contributed by atoms with E-state index >= 15 is 0 Å². The average molecular weight is 290 g/mol. The van der Waals surface area contributed by atoms with Crippen LogP contribution in [0.5, 0.6) is 0 Å². The van der Waals surface area contributed by atoms with Crippen molar-refractivity contribution in [3.05, 3.63) is 0 Å². The number of hydrogen-bond donors (Lipinski definition) is 1. The smallest absolute Gasteiger partial charge is 0.228 e. The maximum Gasteiger partial charge on any atom is 0.228 e. The second-order valence-electron chi connectivity index (χ2n) is 8.58. The lowest BCUT2D eigenvalue weighted by Crippen LogP contribution is -2.54. The standard InChI is InChI=1S/C18H30N2O/c1-20(12-13-2-4-19-5-3-13)17(21)18-9-14-6-15(10-18)8-16(7-14)11-18/h13-16,19H,2-12H2,1H3. The lowest BCUT2D eigenvalue weighted by molar-refractivity contribution is -0.157. The van der Waals surface area contributed by atoms with Crippen LogP contribution < -0.4 is 5.32 Å². The Bertz CT molecular complexity index is 378. The molecule has 4 saturated carbocycles. The summed E-state index contributed by atoms with van der Waals surface area (Å²) < 4.78 is 0. The Hall–Kier alpha value is -0.570. The largest absolute Gasteiger partial charge is 0.345 e. The zero-order chi connectivity index (χ0) is 14.4. The van der Waals surface area contributed by atoms with Crippen molar-refractivity contribution in [2.75, 3.05) is 26.7 Å². The van der Waals surface area contributed by atoms with Gasteiger partial charge in [0.05, 0.1) is 5.41 Å².